The van der Waals surface area contributed by atoms with Crippen LogP contribution in [0.2, 0.25) is 0 Å². The number of ketones is 1. The zero-order chi connectivity index (χ0) is 23.0. The number of allylic oxidation sites excluding steroid dienone is 3. The molecular weight excluding hydrogens is 488 g/mol. The molecule has 0 bridgehead atoms. The molecular formula is C25H25BrN2O3S. The molecule has 0 saturated carbocycles. The Kier molecular flexibility index (Phi) is 6.19. The number of benzene rings is 1. The summed E-state index contributed by atoms with van der Waals surface area (Å²) in [6.07, 6.45) is 1.88. The Morgan fingerprint density at radius 2 is 2.03 bits per heavy atom. The lowest BCUT2D eigenvalue weighted by Gasteiger charge is -2.36. The maximum Gasteiger partial charge on any atom is 0.205 e. The molecule has 1 aliphatic carbocycles. The average Bonchev–Trinajstić information content (AvgIpc) is 3.14. The Morgan fingerprint density at radius 3 is 2.69 bits per heavy atom. The van der Waals surface area contributed by atoms with Crippen molar-refractivity contribution in [3.05, 3.63) is 72.9 Å². The van der Waals surface area contributed by atoms with Crippen LogP contribution in [0, 0.1) is 16.7 Å². The highest BCUT2D eigenvalue weighted by Crippen LogP contribution is 2.49. The maximum atomic E-state index is 13.2. The van der Waals surface area contributed by atoms with Crippen LogP contribution >= 0.6 is 27.3 Å². The first-order valence-corrected chi connectivity index (χ1v) is 12.2. The van der Waals surface area contributed by atoms with Gasteiger partial charge in [0.05, 0.1) is 5.92 Å². The van der Waals surface area contributed by atoms with Gasteiger partial charge in [0.25, 0.3) is 0 Å². The third-order valence-corrected chi connectivity index (χ3v) is 7.72. The van der Waals surface area contributed by atoms with Crippen LogP contribution in [0.5, 0.6) is 5.75 Å². The van der Waals surface area contributed by atoms with Gasteiger partial charge in [0.15, 0.2) is 5.78 Å². The number of halogens is 1. The number of nitrogens with zero attached hydrogens (tertiary/aromatic N) is 1. The van der Waals surface area contributed by atoms with E-state index in [1.165, 1.54) is 4.88 Å². The molecule has 2 aliphatic rings. The first kappa shape index (κ1) is 22.6. The highest BCUT2D eigenvalue weighted by Gasteiger charge is 2.43. The number of carbonyl (C=O) groups is 1. The Labute approximate surface area is 200 Å². The van der Waals surface area contributed by atoms with Crippen LogP contribution in [0.15, 0.2) is 57.6 Å². The summed E-state index contributed by atoms with van der Waals surface area (Å²) in [6.45, 7) is 6.60. The van der Waals surface area contributed by atoms with E-state index in [0.29, 0.717) is 36.4 Å². The number of nitrogens with two attached hydrogens (primary N) is 1. The Balaban J connectivity index is 1.71. The highest BCUT2D eigenvalue weighted by atomic mass is 79.9. The quantitative estimate of drug-likeness (QED) is 0.522. The SMILES string of the molecule is CCc1sc([C@@H]2C(C#N)=C(N)OC3=C2C(=O)CC(C)(C)C3)cc1COc1ccc(Br)cc1. The largest absolute Gasteiger partial charge is 0.489 e. The van der Waals surface area contributed by atoms with Gasteiger partial charge in [0.2, 0.25) is 5.88 Å². The monoisotopic (exact) mass is 512 g/mol. The van der Waals surface area contributed by atoms with Gasteiger partial charge in [-0.05, 0) is 42.2 Å². The van der Waals surface area contributed by atoms with Crippen LogP contribution in [0.1, 0.15) is 54.8 Å². The van der Waals surface area contributed by atoms with Gasteiger partial charge in [0.1, 0.15) is 29.8 Å². The summed E-state index contributed by atoms with van der Waals surface area (Å²) in [4.78, 5) is 15.3. The minimum atomic E-state index is -0.482. The normalized spacial score (nSPS) is 20.0. The number of aryl methyl sites for hydroxylation is 1. The molecule has 0 spiro atoms. The first-order chi connectivity index (χ1) is 15.2. The second kappa shape index (κ2) is 8.76. The molecule has 4 rings (SSSR count). The summed E-state index contributed by atoms with van der Waals surface area (Å²) in [5.41, 5.74) is 7.90. The fourth-order valence-corrected chi connectivity index (χ4v) is 5.81. The van der Waals surface area contributed by atoms with E-state index >= 15 is 0 Å². The number of hydrogen-bond donors (Lipinski definition) is 1. The lowest BCUT2D eigenvalue weighted by atomic mass is 9.71. The topological polar surface area (TPSA) is 85.3 Å². The van der Waals surface area contributed by atoms with E-state index < -0.39 is 5.92 Å². The van der Waals surface area contributed by atoms with Gasteiger partial charge in [-0.3, -0.25) is 4.79 Å². The van der Waals surface area contributed by atoms with Crippen LogP contribution in [0.4, 0.5) is 0 Å². The maximum absolute atomic E-state index is 13.2. The van der Waals surface area contributed by atoms with E-state index in [1.807, 2.05) is 38.1 Å². The van der Waals surface area contributed by atoms with Crippen molar-refractivity contribution in [2.24, 2.45) is 11.1 Å². The second-order valence-electron chi connectivity index (χ2n) is 8.90. The smallest absolute Gasteiger partial charge is 0.205 e. The van der Waals surface area contributed by atoms with Crippen LogP contribution in [0.25, 0.3) is 0 Å². The molecule has 166 valence electrons. The molecule has 32 heavy (non-hydrogen) atoms. The minimum Gasteiger partial charge on any atom is -0.489 e. The molecule has 5 nitrogen and oxygen atoms in total. The summed E-state index contributed by atoms with van der Waals surface area (Å²) in [6, 6.07) is 12.0. The highest BCUT2D eigenvalue weighted by molar-refractivity contribution is 9.10. The van der Waals surface area contributed by atoms with Crippen molar-refractivity contribution in [1.29, 1.82) is 5.26 Å². The van der Waals surface area contributed by atoms with Crippen molar-refractivity contribution in [2.45, 2.75) is 52.6 Å². The number of thiophene rings is 1. The van der Waals surface area contributed by atoms with Crippen molar-refractivity contribution in [2.75, 3.05) is 0 Å². The second-order valence-corrected chi connectivity index (χ2v) is 11.0. The fraction of sp³-hybridized carbons (Fsp3) is 0.360. The predicted molar refractivity (Wildman–Crippen MR) is 128 cm³/mol. The molecule has 1 atom stereocenters. The summed E-state index contributed by atoms with van der Waals surface area (Å²) in [5, 5.41) is 9.85. The number of ether oxygens (including phenoxy) is 2. The molecule has 2 heterocycles. The molecule has 1 aromatic carbocycles. The Bertz CT molecular complexity index is 1170. The van der Waals surface area contributed by atoms with Gasteiger partial charge < -0.3 is 15.2 Å². The number of nitriles is 1. The van der Waals surface area contributed by atoms with Crippen molar-refractivity contribution in [3.63, 3.8) is 0 Å². The third-order valence-electron chi connectivity index (χ3n) is 5.80. The predicted octanol–water partition coefficient (Wildman–Crippen LogP) is 6.10. The summed E-state index contributed by atoms with van der Waals surface area (Å²) >= 11 is 5.04. The molecule has 1 aromatic heterocycles. The number of carbonyl (C=O) groups excluding carboxylic acids is 1. The third kappa shape index (κ3) is 4.35. The minimum absolute atomic E-state index is 0.0283. The number of rotatable bonds is 5. The Hall–Kier alpha value is -2.56. The molecule has 0 amide bonds. The van der Waals surface area contributed by atoms with Crippen LogP contribution in [-0.2, 0) is 22.6 Å². The molecule has 0 unspecified atom stereocenters. The Morgan fingerprint density at radius 1 is 1.31 bits per heavy atom. The van der Waals surface area contributed by atoms with Crippen molar-refractivity contribution in [1.82, 2.24) is 0 Å². The van der Waals surface area contributed by atoms with E-state index in [4.69, 9.17) is 15.2 Å². The van der Waals surface area contributed by atoms with E-state index in [2.05, 4.69) is 35.0 Å². The van der Waals surface area contributed by atoms with E-state index in [1.54, 1.807) is 11.3 Å². The van der Waals surface area contributed by atoms with Gasteiger partial charge in [-0.15, -0.1) is 11.3 Å². The van der Waals surface area contributed by atoms with Gasteiger partial charge >= 0.3 is 0 Å². The van der Waals surface area contributed by atoms with E-state index in [-0.39, 0.29) is 17.1 Å². The van der Waals surface area contributed by atoms with E-state index in [0.717, 1.165) is 27.1 Å². The lowest BCUT2D eigenvalue weighted by Crippen LogP contribution is -2.33. The van der Waals surface area contributed by atoms with Crippen LogP contribution < -0.4 is 10.5 Å². The molecule has 0 fully saturated rings. The van der Waals surface area contributed by atoms with Crippen LogP contribution in [0.3, 0.4) is 0 Å². The van der Waals surface area contributed by atoms with Gasteiger partial charge in [-0.1, -0.05) is 36.7 Å². The summed E-state index contributed by atoms with van der Waals surface area (Å²) < 4.78 is 12.8. The fourth-order valence-electron chi connectivity index (χ4n) is 4.31. The van der Waals surface area contributed by atoms with Gasteiger partial charge in [0, 0.05) is 38.2 Å². The standard InChI is InChI=1S/C25H25BrN2O3S/c1-4-20-14(13-30-16-7-5-15(26)6-8-16)9-21(32-20)22-17(12-27)24(28)31-19-11-25(2,3)10-18(29)23(19)22/h5-9,22H,4,10-11,13,28H2,1-3H3/t22-/m0/s1. The molecule has 1 aliphatic heterocycles. The molecule has 2 aromatic rings. The molecule has 0 radical (unpaired) electrons. The van der Waals surface area contributed by atoms with Crippen molar-refractivity contribution >= 4 is 33.0 Å². The van der Waals surface area contributed by atoms with Crippen molar-refractivity contribution < 1.29 is 14.3 Å². The number of Topliss-reactive ketones (excluding diaryl/α,β-unsaturated/α-hetero) is 1. The summed E-state index contributed by atoms with van der Waals surface area (Å²) in [5.74, 6) is 1.03. The van der Waals surface area contributed by atoms with E-state index in [9.17, 15) is 10.1 Å². The van der Waals surface area contributed by atoms with Gasteiger partial charge in [-0.2, -0.15) is 5.26 Å². The summed E-state index contributed by atoms with van der Waals surface area (Å²) in [7, 11) is 0. The van der Waals surface area contributed by atoms with Crippen molar-refractivity contribution in [3.8, 4) is 11.8 Å². The number of hydrogen-bond acceptors (Lipinski definition) is 6. The van der Waals surface area contributed by atoms with Gasteiger partial charge in [-0.25, -0.2) is 0 Å². The lowest BCUT2D eigenvalue weighted by molar-refractivity contribution is -0.119. The zero-order valence-corrected chi connectivity index (χ0v) is 20.7. The average molecular weight is 513 g/mol. The van der Waals surface area contributed by atoms with Crippen LogP contribution in [-0.4, -0.2) is 5.78 Å². The molecule has 0 saturated heterocycles. The molecule has 7 heteroatoms. The first-order valence-electron chi connectivity index (χ1n) is 10.6. The molecule has 2 N–H and O–H groups in total. The zero-order valence-electron chi connectivity index (χ0n) is 18.3.